The van der Waals surface area contributed by atoms with Gasteiger partial charge in [-0.25, -0.2) is 4.98 Å². The predicted octanol–water partition coefficient (Wildman–Crippen LogP) is 2.56. The summed E-state index contributed by atoms with van der Waals surface area (Å²) >= 11 is 0. The molecule has 4 nitrogen and oxygen atoms in total. The van der Waals surface area contributed by atoms with Gasteiger partial charge in [-0.05, 0) is 24.8 Å². The number of benzene rings is 1. The molecule has 1 aliphatic carbocycles. The molecule has 0 spiro atoms. The number of ketones is 1. The van der Waals surface area contributed by atoms with Gasteiger partial charge in [0.25, 0.3) is 0 Å². The number of carbonyl (C=O) groups is 1. The van der Waals surface area contributed by atoms with Gasteiger partial charge in [-0.15, -0.1) is 0 Å². The Morgan fingerprint density at radius 1 is 1.30 bits per heavy atom. The highest BCUT2D eigenvalue weighted by molar-refractivity contribution is 5.98. The zero-order valence-electron chi connectivity index (χ0n) is 11.3. The maximum atomic E-state index is 12.0. The average molecular weight is 270 g/mol. The highest BCUT2D eigenvalue weighted by Gasteiger charge is 2.24. The van der Waals surface area contributed by atoms with Crippen molar-refractivity contribution in [3.63, 3.8) is 0 Å². The lowest BCUT2D eigenvalue weighted by Gasteiger charge is -2.23. The van der Waals surface area contributed by atoms with Crippen LogP contribution in [0.25, 0.3) is 0 Å². The van der Waals surface area contributed by atoms with E-state index in [1.807, 2.05) is 30.5 Å². The van der Waals surface area contributed by atoms with E-state index >= 15 is 0 Å². The number of aromatic amines is 1. The lowest BCUT2D eigenvalue weighted by atomic mass is 9.89. The van der Waals surface area contributed by atoms with Crippen molar-refractivity contribution in [1.82, 2.24) is 9.97 Å². The number of aryl methyl sites for hydroxylation is 1. The average Bonchev–Trinajstić information content (AvgIpc) is 2.97. The fourth-order valence-electron chi connectivity index (χ4n) is 2.66. The largest absolute Gasteiger partial charge is 0.377 e. The standard InChI is InChI=1S/C16H18N2O2/c19-16-9-14(8-12-4-1-2-6-15(12)16)20-7-3-5-13-10-17-11-18-13/h1-2,4,6,10-11,14H,3,5,7-9H2,(H,17,18). The second kappa shape index (κ2) is 6.01. The van der Waals surface area contributed by atoms with Gasteiger partial charge in [0.05, 0.1) is 12.4 Å². The third-order valence-electron chi connectivity index (χ3n) is 3.68. The van der Waals surface area contributed by atoms with Crippen LogP contribution in [0.5, 0.6) is 0 Å². The Hall–Kier alpha value is -1.94. The maximum Gasteiger partial charge on any atom is 0.165 e. The van der Waals surface area contributed by atoms with Crippen LogP contribution in [-0.4, -0.2) is 28.5 Å². The molecule has 0 saturated carbocycles. The number of hydrogen-bond acceptors (Lipinski definition) is 3. The molecule has 0 aliphatic heterocycles. The Bertz CT molecular complexity index is 578. The molecule has 1 aliphatic rings. The zero-order valence-corrected chi connectivity index (χ0v) is 11.3. The molecule has 0 saturated heterocycles. The molecule has 4 heteroatoms. The van der Waals surface area contributed by atoms with Gasteiger partial charge in [-0.3, -0.25) is 4.79 Å². The van der Waals surface area contributed by atoms with Gasteiger partial charge in [0.1, 0.15) is 0 Å². The first-order chi connectivity index (χ1) is 9.83. The van der Waals surface area contributed by atoms with Crippen molar-refractivity contribution in [1.29, 1.82) is 0 Å². The number of nitrogens with zero attached hydrogens (tertiary/aromatic N) is 1. The Morgan fingerprint density at radius 3 is 3.05 bits per heavy atom. The van der Waals surface area contributed by atoms with Crippen molar-refractivity contribution < 1.29 is 9.53 Å². The number of H-pyrrole nitrogens is 1. The first-order valence-electron chi connectivity index (χ1n) is 7.03. The number of nitrogens with one attached hydrogen (secondary N) is 1. The number of carbonyl (C=O) groups excluding carboxylic acids is 1. The number of imidazole rings is 1. The Labute approximate surface area is 118 Å². The SMILES string of the molecule is O=C1CC(OCCCc2cnc[nH]2)Cc2ccccc21. The van der Waals surface area contributed by atoms with Crippen molar-refractivity contribution in [3.05, 3.63) is 53.6 Å². The van der Waals surface area contributed by atoms with Crippen LogP contribution in [0.4, 0.5) is 0 Å². The molecule has 0 amide bonds. The fourth-order valence-corrected chi connectivity index (χ4v) is 2.66. The van der Waals surface area contributed by atoms with E-state index in [1.165, 1.54) is 0 Å². The number of aromatic nitrogens is 2. The minimum absolute atomic E-state index is 0.0270. The topological polar surface area (TPSA) is 55.0 Å². The van der Waals surface area contributed by atoms with Crippen LogP contribution in [0, 0.1) is 0 Å². The van der Waals surface area contributed by atoms with E-state index < -0.39 is 0 Å². The normalized spacial score (nSPS) is 18.0. The summed E-state index contributed by atoms with van der Waals surface area (Å²) in [5.41, 5.74) is 3.10. The third-order valence-corrected chi connectivity index (χ3v) is 3.68. The highest BCUT2D eigenvalue weighted by atomic mass is 16.5. The molecule has 1 unspecified atom stereocenters. The minimum Gasteiger partial charge on any atom is -0.377 e. The van der Waals surface area contributed by atoms with Gasteiger partial charge in [-0.2, -0.15) is 0 Å². The summed E-state index contributed by atoms with van der Waals surface area (Å²) in [7, 11) is 0. The molecule has 0 bridgehead atoms. The minimum atomic E-state index is 0.0270. The van der Waals surface area contributed by atoms with Gasteiger partial charge in [-0.1, -0.05) is 24.3 Å². The van der Waals surface area contributed by atoms with Crippen LogP contribution in [-0.2, 0) is 17.6 Å². The second-order valence-electron chi connectivity index (χ2n) is 5.16. The van der Waals surface area contributed by atoms with Gasteiger partial charge >= 0.3 is 0 Å². The smallest absolute Gasteiger partial charge is 0.165 e. The third kappa shape index (κ3) is 2.96. The van der Waals surface area contributed by atoms with Crippen molar-refractivity contribution in [3.8, 4) is 0 Å². The molecule has 1 N–H and O–H groups in total. The van der Waals surface area contributed by atoms with Crippen LogP contribution in [0.2, 0.25) is 0 Å². The van der Waals surface area contributed by atoms with E-state index in [-0.39, 0.29) is 11.9 Å². The Balaban J connectivity index is 1.49. The quantitative estimate of drug-likeness (QED) is 0.849. The molecule has 104 valence electrons. The number of rotatable bonds is 5. The maximum absolute atomic E-state index is 12.0. The van der Waals surface area contributed by atoms with E-state index in [2.05, 4.69) is 9.97 Å². The van der Waals surface area contributed by atoms with Gasteiger partial charge < -0.3 is 9.72 Å². The van der Waals surface area contributed by atoms with Gasteiger partial charge in [0.15, 0.2) is 5.78 Å². The first kappa shape index (κ1) is 13.1. The van der Waals surface area contributed by atoms with Gasteiger partial charge in [0, 0.05) is 30.5 Å². The summed E-state index contributed by atoms with van der Waals surface area (Å²) in [6.45, 7) is 0.680. The number of ether oxygens (including phenoxy) is 1. The summed E-state index contributed by atoms with van der Waals surface area (Å²) < 4.78 is 5.85. The molecule has 1 heterocycles. The Kier molecular flexibility index (Phi) is 3.92. The summed E-state index contributed by atoms with van der Waals surface area (Å²) in [6.07, 6.45) is 6.76. The molecule has 20 heavy (non-hydrogen) atoms. The second-order valence-corrected chi connectivity index (χ2v) is 5.16. The molecule has 1 atom stereocenters. The molecule has 1 aromatic heterocycles. The van der Waals surface area contributed by atoms with E-state index in [9.17, 15) is 4.79 Å². The summed E-state index contributed by atoms with van der Waals surface area (Å²) in [4.78, 5) is 19.1. The van der Waals surface area contributed by atoms with E-state index in [4.69, 9.17) is 4.74 Å². The zero-order chi connectivity index (χ0) is 13.8. The molecular weight excluding hydrogens is 252 g/mol. The molecule has 2 aromatic rings. The molecule has 1 aromatic carbocycles. The highest BCUT2D eigenvalue weighted by Crippen LogP contribution is 2.23. The van der Waals surface area contributed by atoms with Crippen molar-refractivity contribution >= 4 is 5.78 Å². The number of fused-ring (bicyclic) bond motifs is 1. The van der Waals surface area contributed by atoms with Crippen LogP contribution in [0.3, 0.4) is 0 Å². The van der Waals surface area contributed by atoms with E-state index in [0.29, 0.717) is 13.0 Å². The fraction of sp³-hybridized carbons (Fsp3) is 0.375. The monoisotopic (exact) mass is 270 g/mol. The lowest BCUT2D eigenvalue weighted by molar-refractivity contribution is 0.0398. The summed E-state index contributed by atoms with van der Waals surface area (Å²) in [5.74, 6) is 0.199. The molecule has 0 fully saturated rings. The van der Waals surface area contributed by atoms with Gasteiger partial charge in [0.2, 0.25) is 0 Å². The Morgan fingerprint density at radius 2 is 2.20 bits per heavy atom. The summed E-state index contributed by atoms with van der Waals surface area (Å²) in [6, 6.07) is 7.83. The van der Waals surface area contributed by atoms with E-state index in [0.717, 1.165) is 36.1 Å². The molecule has 3 rings (SSSR count). The van der Waals surface area contributed by atoms with Crippen molar-refractivity contribution in [2.24, 2.45) is 0 Å². The summed E-state index contributed by atoms with van der Waals surface area (Å²) in [5, 5.41) is 0. The van der Waals surface area contributed by atoms with Crippen LogP contribution < -0.4 is 0 Å². The number of Topliss-reactive ketones (excluding diaryl/α,β-unsaturated/α-hetero) is 1. The first-order valence-corrected chi connectivity index (χ1v) is 7.03. The van der Waals surface area contributed by atoms with Crippen LogP contribution in [0.15, 0.2) is 36.8 Å². The van der Waals surface area contributed by atoms with Crippen LogP contribution in [0.1, 0.15) is 34.5 Å². The predicted molar refractivity (Wildman–Crippen MR) is 75.7 cm³/mol. The lowest BCUT2D eigenvalue weighted by Crippen LogP contribution is -2.27. The van der Waals surface area contributed by atoms with Crippen molar-refractivity contribution in [2.75, 3.05) is 6.61 Å². The number of hydrogen-bond donors (Lipinski definition) is 1. The van der Waals surface area contributed by atoms with Crippen molar-refractivity contribution in [2.45, 2.75) is 31.8 Å². The van der Waals surface area contributed by atoms with E-state index in [1.54, 1.807) is 6.33 Å². The van der Waals surface area contributed by atoms with Crippen LogP contribution >= 0.6 is 0 Å². The molecular formula is C16H18N2O2. The molecule has 0 radical (unpaired) electrons.